The molecule has 0 aliphatic carbocycles. The number of nitrogens with zero attached hydrogens (tertiary/aromatic N) is 2. The number of hydrogen-bond donors (Lipinski definition) is 0. The second-order valence-electron chi connectivity index (χ2n) is 10.9. The van der Waals surface area contributed by atoms with Gasteiger partial charge in [-0.2, -0.15) is 0 Å². The summed E-state index contributed by atoms with van der Waals surface area (Å²) in [5.41, 5.74) is 5.49. The van der Waals surface area contributed by atoms with Crippen LogP contribution in [0.3, 0.4) is 0 Å². The van der Waals surface area contributed by atoms with Gasteiger partial charge in [0.05, 0.1) is 5.92 Å². The number of fused-ring (bicyclic) bond motifs is 2. The lowest BCUT2D eigenvalue weighted by Gasteiger charge is -2.37. The molecule has 2 atom stereocenters. The van der Waals surface area contributed by atoms with Crippen LogP contribution in [0.1, 0.15) is 99.5 Å². The molecule has 1 aliphatic heterocycles. The number of terminal acetylenes is 1. The minimum absolute atomic E-state index is 0.0282. The molecule has 41 heavy (non-hydrogen) atoms. The molecule has 0 saturated heterocycles. The van der Waals surface area contributed by atoms with Gasteiger partial charge >= 0.3 is 0 Å². The third kappa shape index (κ3) is 6.20. The van der Waals surface area contributed by atoms with Crippen molar-refractivity contribution in [1.29, 1.82) is 0 Å². The first-order valence-electron chi connectivity index (χ1n) is 15.1. The molecule has 4 rings (SSSR count). The van der Waals surface area contributed by atoms with Crippen molar-refractivity contribution in [3.63, 3.8) is 0 Å². The Balaban J connectivity index is 1.83. The third-order valence-corrected chi connectivity index (χ3v) is 8.29. The Labute approximate surface area is 245 Å². The van der Waals surface area contributed by atoms with Gasteiger partial charge in [-0.1, -0.05) is 101 Å². The summed E-state index contributed by atoms with van der Waals surface area (Å²) in [5, 5.41) is 2.15. The Kier molecular flexibility index (Phi) is 10.3. The Hall–Kier alpha value is -3.97. The van der Waals surface area contributed by atoms with Gasteiger partial charge in [-0.25, -0.2) is 0 Å². The number of aliphatic imine (C=N–C) groups is 1. The predicted molar refractivity (Wildman–Crippen MR) is 172 cm³/mol. The number of imide groups is 1. The number of allylic oxidation sites excluding steroid dienone is 2. The SMILES string of the molecule is C#C/C=C(\C=NC)c1ccc(-c2ccc3c(c2)C(CCCC)C(=O)N(C(CC)CCCCC)C3=O)c2ccccc12. The fourth-order valence-electron chi connectivity index (χ4n) is 6.14. The van der Waals surface area contributed by atoms with Crippen molar-refractivity contribution in [3.8, 4) is 23.5 Å². The standard InChI is InChI=1S/C37H42N2O2/c1-6-10-12-16-28(9-4)39-36(40)33(17-11-7-2)35-24-26(20-21-34(35)37(39)41)29-22-23-30(27(15-8-3)25-38-5)32-19-14-13-18-31(29)32/h3,13-15,18-25,28,33H,6-7,9-12,16-17H2,1-2,4-5H3/b27-15+,38-25?. The van der Waals surface area contributed by atoms with Crippen molar-refractivity contribution in [2.75, 3.05) is 7.05 Å². The summed E-state index contributed by atoms with van der Waals surface area (Å²) in [7, 11) is 1.74. The average molecular weight is 547 g/mol. The summed E-state index contributed by atoms with van der Waals surface area (Å²) < 4.78 is 0. The largest absolute Gasteiger partial charge is 0.296 e. The van der Waals surface area contributed by atoms with Crippen LogP contribution in [0.15, 0.2) is 65.7 Å². The van der Waals surface area contributed by atoms with E-state index in [-0.39, 0.29) is 23.8 Å². The number of carbonyl (C=O) groups excluding carboxylic acids is 2. The lowest BCUT2D eigenvalue weighted by molar-refractivity contribution is -0.133. The zero-order chi connectivity index (χ0) is 29.4. The summed E-state index contributed by atoms with van der Waals surface area (Å²) in [5.74, 6) is 2.16. The second kappa shape index (κ2) is 14.1. The van der Waals surface area contributed by atoms with Crippen molar-refractivity contribution in [3.05, 3.63) is 77.4 Å². The maximum Gasteiger partial charge on any atom is 0.261 e. The van der Waals surface area contributed by atoms with Gasteiger partial charge in [0, 0.05) is 30.4 Å². The minimum atomic E-state index is -0.306. The number of carbonyl (C=O) groups is 2. The summed E-state index contributed by atoms with van der Waals surface area (Å²) in [6.45, 7) is 6.41. The van der Waals surface area contributed by atoms with Gasteiger partial charge in [-0.15, -0.1) is 6.42 Å². The molecule has 2 amide bonds. The number of benzene rings is 3. The van der Waals surface area contributed by atoms with Crippen LogP contribution >= 0.6 is 0 Å². The fourth-order valence-corrected chi connectivity index (χ4v) is 6.14. The molecular weight excluding hydrogens is 504 g/mol. The molecule has 0 aromatic heterocycles. The summed E-state index contributed by atoms with van der Waals surface area (Å²) in [4.78, 5) is 33.7. The Morgan fingerprint density at radius 1 is 0.976 bits per heavy atom. The maximum atomic E-state index is 14.0. The van der Waals surface area contributed by atoms with Gasteiger partial charge in [0.1, 0.15) is 0 Å². The summed E-state index contributed by atoms with van der Waals surface area (Å²) in [6, 6.07) is 18.5. The molecule has 2 unspecified atom stereocenters. The summed E-state index contributed by atoms with van der Waals surface area (Å²) >= 11 is 0. The van der Waals surface area contributed by atoms with E-state index < -0.39 is 0 Å². The Bertz CT molecular complexity index is 1510. The molecule has 0 saturated carbocycles. The lowest BCUT2D eigenvalue weighted by atomic mass is 9.81. The van der Waals surface area contributed by atoms with Gasteiger partial charge in [-0.05, 0) is 70.5 Å². The van der Waals surface area contributed by atoms with Crippen LogP contribution in [0.2, 0.25) is 0 Å². The number of unbranched alkanes of at least 4 members (excludes halogenated alkanes) is 3. The van der Waals surface area contributed by atoms with Gasteiger partial charge < -0.3 is 0 Å². The minimum Gasteiger partial charge on any atom is -0.296 e. The van der Waals surface area contributed by atoms with Gasteiger partial charge in [-0.3, -0.25) is 19.5 Å². The van der Waals surface area contributed by atoms with Crippen LogP contribution in [0, 0.1) is 12.3 Å². The topological polar surface area (TPSA) is 49.7 Å². The molecular formula is C37H42N2O2. The van der Waals surface area contributed by atoms with E-state index in [2.05, 4.69) is 62.0 Å². The van der Waals surface area contributed by atoms with Crippen molar-refractivity contribution in [2.24, 2.45) is 4.99 Å². The molecule has 0 radical (unpaired) electrons. The Morgan fingerprint density at radius 3 is 2.39 bits per heavy atom. The van der Waals surface area contributed by atoms with Crippen molar-refractivity contribution >= 4 is 34.4 Å². The Morgan fingerprint density at radius 2 is 1.71 bits per heavy atom. The zero-order valence-corrected chi connectivity index (χ0v) is 25.0. The van der Waals surface area contributed by atoms with E-state index in [0.717, 1.165) is 90.0 Å². The van der Waals surface area contributed by atoms with Gasteiger partial charge in [0.25, 0.3) is 5.91 Å². The molecule has 212 valence electrons. The second-order valence-corrected chi connectivity index (χ2v) is 10.9. The fraction of sp³-hybridized carbons (Fsp3) is 0.378. The third-order valence-electron chi connectivity index (χ3n) is 8.29. The van der Waals surface area contributed by atoms with Crippen molar-refractivity contribution < 1.29 is 9.59 Å². The molecule has 0 bridgehead atoms. The van der Waals surface area contributed by atoms with Crippen LogP contribution in [0.25, 0.3) is 27.5 Å². The molecule has 4 heteroatoms. The van der Waals surface area contributed by atoms with E-state index in [1.807, 2.05) is 24.3 Å². The highest BCUT2D eigenvalue weighted by molar-refractivity contribution is 6.17. The first kappa shape index (κ1) is 30.0. The molecule has 1 heterocycles. The smallest absolute Gasteiger partial charge is 0.261 e. The highest BCUT2D eigenvalue weighted by atomic mass is 16.2. The predicted octanol–water partition coefficient (Wildman–Crippen LogP) is 8.84. The maximum absolute atomic E-state index is 14.0. The highest BCUT2D eigenvalue weighted by Gasteiger charge is 2.41. The first-order valence-corrected chi connectivity index (χ1v) is 15.1. The van der Waals surface area contributed by atoms with E-state index in [0.29, 0.717) is 5.56 Å². The monoisotopic (exact) mass is 546 g/mol. The first-order chi connectivity index (χ1) is 20.0. The number of rotatable bonds is 12. The highest BCUT2D eigenvalue weighted by Crippen LogP contribution is 2.40. The number of amides is 2. The van der Waals surface area contributed by atoms with E-state index in [1.54, 1.807) is 24.2 Å². The van der Waals surface area contributed by atoms with Gasteiger partial charge in [0.2, 0.25) is 5.91 Å². The van der Waals surface area contributed by atoms with E-state index >= 15 is 0 Å². The molecule has 4 nitrogen and oxygen atoms in total. The molecule has 0 N–H and O–H groups in total. The van der Waals surface area contributed by atoms with Crippen LogP contribution in [0.4, 0.5) is 0 Å². The van der Waals surface area contributed by atoms with E-state index in [4.69, 9.17) is 6.42 Å². The normalized spacial score (nSPS) is 16.3. The van der Waals surface area contributed by atoms with Crippen molar-refractivity contribution in [1.82, 2.24) is 4.90 Å². The van der Waals surface area contributed by atoms with E-state index in [9.17, 15) is 9.59 Å². The van der Waals surface area contributed by atoms with Gasteiger partial charge in [0.15, 0.2) is 0 Å². The molecule has 0 spiro atoms. The lowest BCUT2D eigenvalue weighted by Crippen LogP contribution is -2.50. The molecule has 1 aliphatic rings. The zero-order valence-electron chi connectivity index (χ0n) is 25.0. The molecule has 3 aromatic rings. The van der Waals surface area contributed by atoms with Crippen LogP contribution in [0.5, 0.6) is 0 Å². The van der Waals surface area contributed by atoms with Crippen molar-refractivity contribution in [2.45, 2.75) is 84.1 Å². The van der Waals surface area contributed by atoms with Crippen LogP contribution in [-0.4, -0.2) is 36.0 Å². The van der Waals surface area contributed by atoms with E-state index in [1.165, 1.54) is 0 Å². The van der Waals surface area contributed by atoms with Crippen LogP contribution < -0.4 is 0 Å². The molecule has 0 fully saturated rings. The number of hydrogen-bond acceptors (Lipinski definition) is 3. The average Bonchev–Trinajstić information content (AvgIpc) is 2.99. The van der Waals surface area contributed by atoms with Crippen LogP contribution in [-0.2, 0) is 4.79 Å². The summed E-state index contributed by atoms with van der Waals surface area (Å²) in [6.07, 6.45) is 16.7. The quantitative estimate of drug-likeness (QED) is 0.0986. The molecule has 3 aromatic carbocycles.